The molecular weight excluding hydrogens is 434 g/mol. The maximum absolute atomic E-state index is 13.0. The Balaban J connectivity index is 1.67. The Morgan fingerprint density at radius 1 is 1.12 bits per heavy atom. The average molecular weight is 455 g/mol. The fourth-order valence-corrected chi connectivity index (χ4v) is 5.01. The maximum Gasteiger partial charge on any atom is 0.256 e. The second-order valence-corrected chi connectivity index (χ2v) is 9.30. The van der Waals surface area contributed by atoms with Crippen LogP contribution in [0.4, 0.5) is 11.4 Å². The van der Waals surface area contributed by atoms with Crippen molar-refractivity contribution in [1.82, 2.24) is 4.31 Å². The van der Waals surface area contributed by atoms with Crippen molar-refractivity contribution >= 4 is 44.6 Å². The smallest absolute Gasteiger partial charge is 0.256 e. The van der Waals surface area contributed by atoms with Crippen molar-refractivity contribution in [3.05, 3.63) is 59.7 Å². The molecule has 0 saturated carbocycles. The Hall–Kier alpha value is -3.34. The number of amides is 2. The van der Waals surface area contributed by atoms with Crippen LogP contribution in [0.25, 0.3) is 5.57 Å². The molecule has 0 aromatic heterocycles. The van der Waals surface area contributed by atoms with E-state index < -0.39 is 21.7 Å². The molecule has 0 unspecified atom stereocenters. The van der Waals surface area contributed by atoms with Crippen LogP contribution < -0.4 is 10.6 Å². The molecule has 166 valence electrons. The lowest BCUT2D eigenvalue weighted by atomic mass is 10.0. The molecular formula is C22H21N3O6S. The molecule has 10 heteroatoms. The summed E-state index contributed by atoms with van der Waals surface area (Å²) < 4.78 is 32.5. The third-order valence-electron chi connectivity index (χ3n) is 5.12. The lowest BCUT2D eigenvalue weighted by Gasteiger charge is -2.26. The number of nitrogens with zero attached hydrogens (tertiary/aromatic N) is 1. The van der Waals surface area contributed by atoms with E-state index in [1.807, 2.05) is 0 Å². The highest BCUT2D eigenvalue weighted by atomic mass is 32.2. The van der Waals surface area contributed by atoms with Crippen LogP contribution >= 0.6 is 0 Å². The molecule has 0 bridgehead atoms. The van der Waals surface area contributed by atoms with Gasteiger partial charge >= 0.3 is 0 Å². The molecule has 4 rings (SSSR count). The molecule has 2 amide bonds. The van der Waals surface area contributed by atoms with E-state index in [4.69, 9.17) is 4.74 Å². The minimum Gasteiger partial charge on any atom is -0.379 e. The number of morpholine rings is 1. The Morgan fingerprint density at radius 3 is 2.59 bits per heavy atom. The van der Waals surface area contributed by atoms with Crippen LogP contribution in [-0.4, -0.2) is 56.6 Å². The Bertz CT molecular complexity index is 1250. The van der Waals surface area contributed by atoms with Crippen LogP contribution in [0.5, 0.6) is 0 Å². The van der Waals surface area contributed by atoms with Crippen LogP contribution in [-0.2, 0) is 24.3 Å². The number of anilines is 2. The fraction of sp³-hybridized carbons (Fsp3) is 0.227. The van der Waals surface area contributed by atoms with Crippen molar-refractivity contribution in [2.75, 3.05) is 36.9 Å². The summed E-state index contributed by atoms with van der Waals surface area (Å²) in [5.74, 6) is -1.21. The second kappa shape index (κ2) is 8.65. The predicted molar refractivity (Wildman–Crippen MR) is 118 cm³/mol. The topological polar surface area (TPSA) is 122 Å². The Morgan fingerprint density at radius 2 is 1.88 bits per heavy atom. The van der Waals surface area contributed by atoms with Gasteiger partial charge in [0.2, 0.25) is 15.9 Å². The van der Waals surface area contributed by atoms with Gasteiger partial charge in [0, 0.05) is 42.5 Å². The molecule has 2 N–H and O–H groups in total. The molecule has 0 aliphatic carbocycles. The van der Waals surface area contributed by atoms with Crippen LogP contribution in [0, 0.1) is 0 Å². The number of hydrogen-bond donors (Lipinski definition) is 2. The van der Waals surface area contributed by atoms with Crippen LogP contribution in [0.3, 0.4) is 0 Å². The molecule has 9 nitrogen and oxygen atoms in total. The summed E-state index contributed by atoms with van der Waals surface area (Å²) in [6.45, 7) is 2.51. The summed E-state index contributed by atoms with van der Waals surface area (Å²) in [5.41, 5.74) is 1.59. The van der Waals surface area contributed by atoms with Crippen molar-refractivity contribution < 1.29 is 27.5 Å². The number of carbonyl (C=O) groups is 3. The monoisotopic (exact) mass is 455 g/mol. The van der Waals surface area contributed by atoms with Gasteiger partial charge < -0.3 is 15.4 Å². The maximum atomic E-state index is 13.0. The number of ether oxygens (including phenoxy) is 1. The van der Waals surface area contributed by atoms with Crippen molar-refractivity contribution in [2.45, 2.75) is 11.8 Å². The number of hydrogen-bond acceptors (Lipinski definition) is 6. The van der Waals surface area contributed by atoms with Crippen LogP contribution in [0.1, 0.15) is 22.8 Å². The van der Waals surface area contributed by atoms with Crippen molar-refractivity contribution in [2.24, 2.45) is 0 Å². The van der Waals surface area contributed by atoms with Crippen LogP contribution in [0.2, 0.25) is 0 Å². The van der Waals surface area contributed by atoms with Gasteiger partial charge in [-0.15, -0.1) is 0 Å². The molecule has 0 atom stereocenters. The van der Waals surface area contributed by atoms with Gasteiger partial charge in [0.05, 0.1) is 23.7 Å². The third-order valence-corrected chi connectivity index (χ3v) is 7.02. The molecule has 2 aliphatic heterocycles. The molecule has 2 aromatic rings. The van der Waals surface area contributed by atoms with Gasteiger partial charge in [0.1, 0.15) is 0 Å². The van der Waals surface area contributed by atoms with Gasteiger partial charge in [0.25, 0.3) is 5.91 Å². The number of rotatable bonds is 5. The predicted octanol–water partition coefficient (Wildman–Crippen LogP) is 1.88. The number of sulfonamides is 1. The minimum absolute atomic E-state index is 0.0423. The number of fused-ring (bicyclic) bond motifs is 1. The normalized spacial score (nSPS) is 17.7. The molecule has 1 saturated heterocycles. The number of carbonyl (C=O) groups excluding carboxylic acids is 3. The van der Waals surface area contributed by atoms with Crippen molar-refractivity contribution in [1.29, 1.82) is 0 Å². The summed E-state index contributed by atoms with van der Waals surface area (Å²) in [6, 6.07) is 10.7. The molecule has 0 spiro atoms. The van der Waals surface area contributed by atoms with Crippen molar-refractivity contribution in [3.63, 3.8) is 0 Å². The van der Waals surface area contributed by atoms with Gasteiger partial charge in [-0.2, -0.15) is 4.31 Å². The first-order chi connectivity index (χ1) is 15.3. The number of ketones is 1. The summed E-state index contributed by atoms with van der Waals surface area (Å²) in [6.07, 6.45) is 1.18. The Labute approximate surface area is 185 Å². The molecule has 1 fully saturated rings. The van der Waals surface area contributed by atoms with E-state index in [0.29, 0.717) is 30.2 Å². The first-order valence-electron chi connectivity index (χ1n) is 9.93. The van der Waals surface area contributed by atoms with E-state index in [2.05, 4.69) is 10.6 Å². The molecule has 0 radical (unpaired) electrons. The first-order valence-corrected chi connectivity index (χ1v) is 11.4. The van der Waals surface area contributed by atoms with Crippen LogP contribution in [0.15, 0.2) is 53.4 Å². The van der Waals surface area contributed by atoms with E-state index in [-0.39, 0.29) is 35.0 Å². The largest absolute Gasteiger partial charge is 0.379 e. The molecule has 32 heavy (non-hydrogen) atoms. The summed E-state index contributed by atoms with van der Waals surface area (Å²) in [7, 11) is -3.76. The summed E-state index contributed by atoms with van der Waals surface area (Å²) >= 11 is 0. The number of benzene rings is 2. The number of allylic oxidation sites excluding steroid dienone is 1. The lowest BCUT2D eigenvalue weighted by molar-refractivity contribution is -0.114. The third kappa shape index (κ3) is 4.33. The van der Waals surface area contributed by atoms with Gasteiger partial charge in [-0.1, -0.05) is 12.1 Å². The minimum atomic E-state index is -3.76. The molecule has 2 aliphatic rings. The van der Waals surface area contributed by atoms with E-state index >= 15 is 0 Å². The van der Waals surface area contributed by atoms with E-state index in [0.717, 1.165) is 0 Å². The highest BCUT2D eigenvalue weighted by molar-refractivity contribution is 7.89. The molecule has 2 aromatic carbocycles. The van der Waals surface area contributed by atoms with Crippen molar-refractivity contribution in [3.8, 4) is 0 Å². The zero-order valence-electron chi connectivity index (χ0n) is 17.3. The highest BCUT2D eigenvalue weighted by Crippen LogP contribution is 2.34. The van der Waals surface area contributed by atoms with E-state index in [9.17, 15) is 22.8 Å². The standard InChI is InChI=1S/C22H21N3O6S/c1-14(26)23-16-4-2-3-15(11-16)21(27)13-19-18-12-17(5-6-20(18)24-22(19)28)32(29,30)25-7-9-31-10-8-25/h2-6,11-13H,7-10H2,1H3,(H,23,26)(H,24,28)/b19-13-. The average Bonchev–Trinajstić information content (AvgIpc) is 3.08. The zero-order chi connectivity index (χ0) is 22.9. The van der Waals surface area contributed by atoms with Gasteiger partial charge in [-0.25, -0.2) is 8.42 Å². The number of nitrogens with one attached hydrogen (secondary N) is 2. The summed E-state index contributed by atoms with van der Waals surface area (Å²) in [4.78, 5) is 36.6. The zero-order valence-corrected chi connectivity index (χ0v) is 18.1. The fourth-order valence-electron chi connectivity index (χ4n) is 3.57. The quantitative estimate of drug-likeness (QED) is 0.524. The lowest BCUT2D eigenvalue weighted by Crippen LogP contribution is -2.40. The van der Waals surface area contributed by atoms with E-state index in [1.165, 1.54) is 41.6 Å². The SMILES string of the molecule is CC(=O)Nc1cccc(C(=O)/C=C2\C(=O)Nc3ccc(S(=O)(=O)N4CCOCC4)cc32)c1. The summed E-state index contributed by atoms with van der Waals surface area (Å²) in [5, 5.41) is 5.26. The highest BCUT2D eigenvalue weighted by Gasteiger charge is 2.31. The second-order valence-electron chi connectivity index (χ2n) is 7.36. The van der Waals surface area contributed by atoms with Gasteiger partial charge in [0.15, 0.2) is 5.78 Å². The Kier molecular flexibility index (Phi) is 5.92. The van der Waals surface area contributed by atoms with Gasteiger partial charge in [-0.05, 0) is 36.4 Å². The molecule has 2 heterocycles. The first kappa shape index (κ1) is 21.9. The van der Waals surface area contributed by atoms with E-state index in [1.54, 1.807) is 18.2 Å². The van der Waals surface area contributed by atoms with Gasteiger partial charge in [-0.3, -0.25) is 14.4 Å².